The van der Waals surface area contributed by atoms with E-state index in [0.29, 0.717) is 44.2 Å². The molecule has 2 atom stereocenters. The van der Waals surface area contributed by atoms with E-state index >= 15 is 0 Å². The number of pyridine rings is 1. The summed E-state index contributed by atoms with van der Waals surface area (Å²) >= 11 is 0. The van der Waals surface area contributed by atoms with Crippen molar-refractivity contribution in [1.29, 1.82) is 0 Å². The Morgan fingerprint density at radius 3 is 2.71 bits per heavy atom. The summed E-state index contributed by atoms with van der Waals surface area (Å²) in [4.78, 5) is 18.4. The number of hydrogen-bond acceptors (Lipinski definition) is 4. The highest BCUT2D eigenvalue weighted by atomic mass is 32.2. The van der Waals surface area contributed by atoms with Gasteiger partial charge in [-0.25, -0.2) is 12.7 Å². The Balaban J connectivity index is 1.71. The molecule has 132 valence electrons. The summed E-state index contributed by atoms with van der Waals surface area (Å²) in [6.45, 7) is 6.34. The topological polar surface area (TPSA) is 70.6 Å². The van der Waals surface area contributed by atoms with Crippen LogP contribution >= 0.6 is 0 Å². The van der Waals surface area contributed by atoms with E-state index in [0.717, 1.165) is 6.42 Å². The molecule has 2 aliphatic heterocycles. The van der Waals surface area contributed by atoms with E-state index in [4.69, 9.17) is 0 Å². The molecule has 2 fully saturated rings. The minimum absolute atomic E-state index is 0.105. The average molecular weight is 351 g/mol. The zero-order chi connectivity index (χ0) is 17.3. The Kier molecular flexibility index (Phi) is 4.92. The van der Waals surface area contributed by atoms with Gasteiger partial charge in [0.05, 0.1) is 5.25 Å². The van der Waals surface area contributed by atoms with Crippen molar-refractivity contribution in [2.75, 3.05) is 26.2 Å². The Labute approximate surface area is 143 Å². The second-order valence-corrected chi connectivity index (χ2v) is 9.29. The third-order valence-electron chi connectivity index (χ3n) is 4.90. The molecule has 2 saturated heterocycles. The zero-order valence-electron chi connectivity index (χ0n) is 14.3. The van der Waals surface area contributed by atoms with E-state index in [1.807, 2.05) is 13.8 Å². The molecule has 0 aliphatic carbocycles. The van der Waals surface area contributed by atoms with Crippen LogP contribution < -0.4 is 0 Å². The molecule has 1 amide bonds. The number of rotatable bonds is 3. The summed E-state index contributed by atoms with van der Waals surface area (Å²) < 4.78 is 27.2. The zero-order valence-corrected chi connectivity index (χ0v) is 15.1. The quantitative estimate of drug-likeness (QED) is 0.829. The van der Waals surface area contributed by atoms with Crippen LogP contribution in [0.15, 0.2) is 24.4 Å². The van der Waals surface area contributed by atoms with Crippen molar-refractivity contribution >= 4 is 15.9 Å². The first-order valence-corrected chi connectivity index (χ1v) is 10.1. The number of likely N-dealkylation sites (tertiary alicyclic amines) is 1. The third kappa shape index (κ3) is 3.32. The summed E-state index contributed by atoms with van der Waals surface area (Å²) in [6, 6.07) is 5.27. The van der Waals surface area contributed by atoms with Gasteiger partial charge in [0, 0.05) is 32.4 Å². The van der Waals surface area contributed by atoms with Crippen LogP contribution in [0.1, 0.15) is 37.2 Å². The van der Waals surface area contributed by atoms with Gasteiger partial charge in [-0.2, -0.15) is 0 Å². The smallest absolute Gasteiger partial charge is 0.272 e. The molecular weight excluding hydrogens is 326 g/mol. The van der Waals surface area contributed by atoms with Gasteiger partial charge < -0.3 is 4.90 Å². The van der Waals surface area contributed by atoms with Gasteiger partial charge in [-0.1, -0.05) is 19.9 Å². The number of fused-ring (bicyclic) bond motifs is 1. The molecule has 3 heterocycles. The van der Waals surface area contributed by atoms with Crippen LogP contribution in [0.2, 0.25) is 0 Å². The lowest BCUT2D eigenvalue weighted by molar-refractivity contribution is 0.0753. The number of carbonyl (C=O) groups is 1. The first kappa shape index (κ1) is 17.4. The monoisotopic (exact) mass is 351 g/mol. The highest BCUT2D eigenvalue weighted by molar-refractivity contribution is 7.90. The first-order valence-electron chi connectivity index (χ1n) is 8.59. The molecular formula is C17H25N3O3S. The largest absolute Gasteiger partial charge is 0.337 e. The summed E-state index contributed by atoms with van der Waals surface area (Å²) in [6.07, 6.45) is 2.85. The Morgan fingerprint density at radius 2 is 2.04 bits per heavy atom. The minimum atomic E-state index is -3.24. The van der Waals surface area contributed by atoms with Gasteiger partial charge in [0.1, 0.15) is 5.69 Å². The molecule has 24 heavy (non-hydrogen) atoms. The molecule has 0 spiro atoms. The Hall–Kier alpha value is -1.47. The summed E-state index contributed by atoms with van der Waals surface area (Å²) in [5, 5.41) is -0.349. The average Bonchev–Trinajstić information content (AvgIpc) is 2.70. The lowest BCUT2D eigenvalue weighted by Crippen LogP contribution is -2.36. The molecule has 2 aliphatic rings. The summed E-state index contributed by atoms with van der Waals surface area (Å²) in [5.41, 5.74) is 0.425. The number of sulfonamides is 1. The molecule has 1 aromatic heterocycles. The molecule has 1 aromatic rings. The molecule has 3 rings (SSSR count). The van der Waals surface area contributed by atoms with E-state index in [1.165, 1.54) is 0 Å². The number of carbonyl (C=O) groups excluding carboxylic acids is 1. The van der Waals surface area contributed by atoms with Crippen LogP contribution in [-0.4, -0.2) is 59.9 Å². The second kappa shape index (κ2) is 6.80. The van der Waals surface area contributed by atoms with E-state index in [1.54, 1.807) is 33.6 Å². The minimum Gasteiger partial charge on any atom is -0.337 e. The van der Waals surface area contributed by atoms with Crippen LogP contribution in [0.4, 0.5) is 0 Å². The van der Waals surface area contributed by atoms with Crippen LogP contribution in [0.25, 0.3) is 0 Å². The van der Waals surface area contributed by atoms with Crippen molar-refractivity contribution < 1.29 is 13.2 Å². The Morgan fingerprint density at radius 1 is 1.29 bits per heavy atom. The van der Waals surface area contributed by atoms with Gasteiger partial charge in [0.15, 0.2) is 0 Å². The molecule has 7 heteroatoms. The van der Waals surface area contributed by atoms with E-state index < -0.39 is 10.0 Å². The van der Waals surface area contributed by atoms with Crippen molar-refractivity contribution in [3.63, 3.8) is 0 Å². The van der Waals surface area contributed by atoms with E-state index in [9.17, 15) is 13.2 Å². The standard InChI is InChI=1S/C17H25N3O3S/c1-13(2)11-20-12-14-6-9-19(10-7-16(14)24(20,22)23)17(21)15-5-3-4-8-18-15/h3-5,8,13-14,16H,6-7,9-12H2,1-2H3/t14-,16-/m0/s1. The fourth-order valence-corrected chi connectivity index (χ4v) is 6.14. The van der Waals surface area contributed by atoms with E-state index in [2.05, 4.69) is 4.98 Å². The maximum absolute atomic E-state index is 12.8. The highest BCUT2D eigenvalue weighted by Gasteiger charge is 2.47. The van der Waals surface area contributed by atoms with Crippen molar-refractivity contribution in [3.05, 3.63) is 30.1 Å². The maximum atomic E-state index is 12.8. The molecule has 0 saturated carbocycles. The lowest BCUT2D eigenvalue weighted by Gasteiger charge is -2.22. The number of aromatic nitrogens is 1. The number of amides is 1. The predicted molar refractivity (Wildman–Crippen MR) is 92.0 cm³/mol. The molecule has 0 bridgehead atoms. The van der Waals surface area contributed by atoms with Crippen molar-refractivity contribution in [3.8, 4) is 0 Å². The maximum Gasteiger partial charge on any atom is 0.272 e. The molecule has 6 nitrogen and oxygen atoms in total. The summed E-state index contributed by atoms with van der Waals surface area (Å²) in [7, 11) is -3.24. The van der Waals surface area contributed by atoms with Gasteiger partial charge in [-0.05, 0) is 36.8 Å². The van der Waals surface area contributed by atoms with Crippen LogP contribution in [0, 0.1) is 11.8 Å². The normalized spacial score (nSPS) is 27.0. The fraction of sp³-hybridized carbons (Fsp3) is 0.647. The van der Waals surface area contributed by atoms with Gasteiger partial charge in [-0.15, -0.1) is 0 Å². The van der Waals surface area contributed by atoms with Crippen molar-refractivity contribution in [1.82, 2.24) is 14.2 Å². The van der Waals surface area contributed by atoms with Gasteiger partial charge in [-0.3, -0.25) is 9.78 Å². The second-order valence-electron chi connectivity index (χ2n) is 7.14. The Bertz CT molecular complexity index is 690. The molecule has 0 radical (unpaired) electrons. The van der Waals surface area contributed by atoms with Crippen LogP contribution in [0.5, 0.6) is 0 Å². The SMILES string of the molecule is CC(C)CN1C[C@@H]2CCN(C(=O)c3ccccn3)CC[C@@H]2S1(=O)=O. The van der Waals surface area contributed by atoms with Gasteiger partial charge in [0.25, 0.3) is 5.91 Å². The van der Waals surface area contributed by atoms with Crippen LogP contribution in [-0.2, 0) is 10.0 Å². The number of nitrogens with zero attached hydrogens (tertiary/aromatic N) is 3. The van der Waals surface area contributed by atoms with Crippen LogP contribution in [0.3, 0.4) is 0 Å². The molecule has 0 N–H and O–H groups in total. The molecule has 0 unspecified atom stereocenters. The summed E-state index contributed by atoms with van der Waals surface area (Å²) in [5.74, 6) is 0.339. The van der Waals surface area contributed by atoms with Gasteiger partial charge >= 0.3 is 0 Å². The van der Waals surface area contributed by atoms with Gasteiger partial charge in [0.2, 0.25) is 10.0 Å². The van der Waals surface area contributed by atoms with Crippen molar-refractivity contribution in [2.45, 2.75) is 31.9 Å². The lowest BCUT2D eigenvalue weighted by atomic mass is 10.0. The highest BCUT2D eigenvalue weighted by Crippen LogP contribution is 2.34. The fourth-order valence-electron chi connectivity index (χ4n) is 3.74. The first-order chi connectivity index (χ1) is 11.4. The predicted octanol–water partition coefficient (Wildman–Crippen LogP) is 1.60. The number of hydrogen-bond donors (Lipinski definition) is 0. The van der Waals surface area contributed by atoms with Crippen molar-refractivity contribution in [2.24, 2.45) is 11.8 Å². The van der Waals surface area contributed by atoms with E-state index in [-0.39, 0.29) is 17.1 Å². The molecule has 0 aromatic carbocycles. The third-order valence-corrected chi connectivity index (χ3v) is 7.30.